The number of ether oxygens (including phenoxy) is 1. The number of esters is 1. The normalized spacial score (nSPS) is 13.6. The van der Waals surface area contributed by atoms with E-state index in [9.17, 15) is 14.4 Å². The molecule has 1 amide bonds. The summed E-state index contributed by atoms with van der Waals surface area (Å²) in [6.45, 7) is 3.58. The number of aliphatic carboxylic acids is 1. The summed E-state index contributed by atoms with van der Waals surface area (Å²) >= 11 is 0. The molecule has 0 heterocycles. The minimum absolute atomic E-state index is 0.0606. The first kappa shape index (κ1) is 15.4. The Kier molecular flexibility index (Phi) is 6.88. The smallest absolute Gasteiger partial charge is 0.332 e. The van der Waals surface area contributed by atoms with Gasteiger partial charge in [-0.15, -0.1) is 0 Å². The maximum Gasteiger partial charge on any atom is 0.332 e. The largest absolute Gasteiger partial charge is 0.481 e. The maximum atomic E-state index is 11.4. The third-order valence-corrected chi connectivity index (χ3v) is 1.97. The van der Waals surface area contributed by atoms with Crippen LogP contribution in [0.2, 0.25) is 0 Å². The number of amides is 1. The van der Waals surface area contributed by atoms with Crippen molar-refractivity contribution >= 4 is 17.8 Å². The summed E-state index contributed by atoms with van der Waals surface area (Å²) in [5.41, 5.74) is 5.33. The highest BCUT2D eigenvalue weighted by Crippen LogP contribution is 1.99. The summed E-state index contributed by atoms with van der Waals surface area (Å²) in [4.78, 5) is 32.8. The molecule has 0 rings (SSSR count). The predicted octanol–water partition coefficient (Wildman–Crippen LogP) is -0.896. The molecule has 0 aromatic rings. The van der Waals surface area contributed by atoms with Crippen molar-refractivity contribution in [2.24, 2.45) is 11.7 Å². The van der Waals surface area contributed by atoms with Crippen LogP contribution in [0.1, 0.15) is 20.3 Å². The lowest BCUT2D eigenvalue weighted by Gasteiger charge is -2.13. The van der Waals surface area contributed by atoms with Gasteiger partial charge in [-0.2, -0.15) is 0 Å². The third-order valence-electron chi connectivity index (χ3n) is 1.97. The van der Waals surface area contributed by atoms with Crippen molar-refractivity contribution in [3.8, 4) is 0 Å². The number of carbonyl (C=O) groups is 3. The SMILES string of the molecule is CCOC(=O)C(N)C(=O)NCC(C)CC(=O)O. The Balaban J connectivity index is 4.00. The van der Waals surface area contributed by atoms with Gasteiger partial charge in [-0.25, -0.2) is 4.79 Å². The number of carboxylic acid groups (broad SMARTS) is 1. The second-order valence-electron chi connectivity index (χ2n) is 3.68. The number of carboxylic acids is 1. The van der Waals surface area contributed by atoms with Gasteiger partial charge in [0.25, 0.3) is 0 Å². The van der Waals surface area contributed by atoms with Crippen LogP contribution >= 0.6 is 0 Å². The highest BCUT2D eigenvalue weighted by atomic mass is 16.5. The van der Waals surface area contributed by atoms with Crippen LogP contribution in [-0.2, 0) is 19.1 Å². The van der Waals surface area contributed by atoms with Crippen molar-refractivity contribution in [1.82, 2.24) is 5.32 Å². The summed E-state index contributed by atoms with van der Waals surface area (Å²) in [6.07, 6.45) is -0.0606. The molecule has 0 radical (unpaired) electrons. The Hall–Kier alpha value is -1.63. The van der Waals surface area contributed by atoms with Crippen LogP contribution in [0.15, 0.2) is 0 Å². The van der Waals surface area contributed by atoms with Gasteiger partial charge in [0.05, 0.1) is 6.61 Å². The monoisotopic (exact) mass is 246 g/mol. The van der Waals surface area contributed by atoms with E-state index in [2.05, 4.69) is 10.1 Å². The molecule has 7 nitrogen and oxygen atoms in total. The molecule has 0 aromatic heterocycles. The molecule has 0 aromatic carbocycles. The summed E-state index contributed by atoms with van der Waals surface area (Å²) in [7, 11) is 0. The van der Waals surface area contributed by atoms with E-state index in [1.807, 2.05) is 0 Å². The standard InChI is InChI=1S/C10H18N2O5/c1-3-17-10(16)8(11)9(15)12-5-6(2)4-7(13)14/h6,8H,3-5,11H2,1-2H3,(H,12,15)(H,13,14). The van der Waals surface area contributed by atoms with Gasteiger partial charge in [-0.05, 0) is 12.8 Å². The fourth-order valence-electron chi connectivity index (χ4n) is 1.09. The van der Waals surface area contributed by atoms with Crippen LogP contribution in [0.25, 0.3) is 0 Å². The number of hydrogen-bond acceptors (Lipinski definition) is 5. The molecule has 17 heavy (non-hydrogen) atoms. The second kappa shape index (κ2) is 7.61. The lowest BCUT2D eigenvalue weighted by atomic mass is 10.1. The van der Waals surface area contributed by atoms with E-state index >= 15 is 0 Å². The van der Waals surface area contributed by atoms with Gasteiger partial charge >= 0.3 is 11.9 Å². The van der Waals surface area contributed by atoms with Gasteiger partial charge in [0, 0.05) is 13.0 Å². The molecular formula is C10H18N2O5. The van der Waals surface area contributed by atoms with Gasteiger partial charge < -0.3 is 20.9 Å². The van der Waals surface area contributed by atoms with Crippen LogP contribution in [0, 0.1) is 5.92 Å². The Morgan fingerprint density at radius 3 is 2.47 bits per heavy atom. The molecule has 0 saturated carbocycles. The molecule has 2 unspecified atom stereocenters. The fraction of sp³-hybridized carbons (Fsp3) is 0.700. The zero-order valence-electron chi connectivity index (χ0n) is 9.93. The zero-order chi connectivity index (χ0) is 13.4. The molecule has 7 heteroatoms. The van der Waals surface area contributed by atoms with E-state index in [-0.39, 0.29) is 25.5 Å². The summed E-state index contributed by atoms with van der Waals surface area (Å²) in [6, 6.07) is -1.37. The van der Waals surface area contributed by atoms with Gasteiger partial charge in [-0.1, -0.05) is 6.92 Å². The van der Waals surface area contributed by atoms with Crippen LogP contribution in [0.3, 0.4) is 0 Å². The zero-order valence-corrected chi connectivity index (χ0v) is 9.93. The minimum atomic E-state index is -1.37. The van der Waals surface area contributed by atoms with Crippen molar-refractivity contribution in [2.45, 2.75) is 26.3 Å². The molecule has 4 N–H and O–H groups in total. The molecule has 0 aliphatic rings. The first-order valence-electron chi connectivity index (χ1n) is 5.30. The lowest BCUT2D eigenvalue weighted by molar-refractivity contribution is -0.148. The first-order valence-corrected chi connectivity index (χ1v) is 5.30. The lowest BCUT2D eigenvalue weighted by Crippen LogP contribution is -2.47. The topological polar surface area (TPSA) is 119 Å². The van der Waals surface area contributed by atoms with Crippen molar-refractivity contribution in [1.29, 1.82) is 0 Å². The predicted molar refractivity (Wildman–Crippen MR) is 59.0 cm³/mol. The van der Waals surface area contributed by atoms with E-state index in [0.29, 0.717) is 0 Å². The molecule has 0 saturated heterocycles. The van der Waals surface area contributed by atoms with Crippen LogP contribution < -0.4 is 11.1 Å². The molecule has 98 valence electrons. The molecular weight excluding hydrogens is 228 g/mol. The summed E-state index contributed by atoms with van der Waals surface area (Å²) in [5, 5.41) is 10.9. The molecule has 0 aliphatic heterocycles. The Bertz CT molecular complexity index is 292. The van der Waals surface area contributed by atoms with Crippen LogP contribution in [-0.4, -0.2) is 42.1 Å². The van der Waals surface area contributed by atoms with E-state index in [4.69, 9.17) is 10.8 Å². The summed E-state index contributed by atoms with van der Waals surface area (Å²) < 4.78 is 4.58. The molecule has 0 bridgehead atoms. The number of nitrogens with two attached hydrogens (primary N) is 1. The van der Waals surface area contributed by atoms with Crippen LogP contribution in [0.4, 0.5) is 0 Å². The van der Waals surface area contributed by atoms with E-state index in [1.165, 1.54) is 0 Å². The number of rotatable bonds is 7. The van der Waals surface area contributed by atoms with Gasteiger partial charge in [0.1, 0.15) is 0 Å². The summed E-state index contributed by atoms with van der Waals surface area (Å²) in [5.74, 6) is -2.64. The average Bonchev–Trinajstić information content (AvgIpc) is 2.24. The maximum absolute atomic E-state index is 11.4. The van der Waals surface area contributed by atoms with Crippen LogP contribution in [0.5, 0.6) is 0 Å². The highest BCUT2D eigenvalue weighted by Gasteiger charge is 2.23. The quantitative estimate of drug-likeness (QED) is 0.396. The highest BCUT2D eigenvalue weighted by molar-refractivity contribution is 6.01. The molecule has 2 atom stereocenters. The molecule has 0 aliphatic carbocycles. The number of carbonyl (C=O) groups excluding carboxylic acids is 2. The minimum Gasteiger partial charge on any atom is -0.481 e. The Morgan fingerprint density at radius 2 is 2.00 bits per heavy atom. The van der Waals surface area contributed by atoms with E-state index in [1.54, 1.807) is 13.8 Å². The molecule has 0 fully saturated rings. The number of nitrogens with one attached hydrogen (secondary N) is 1. The Morgan fingerprint density at radius 1 is 1.41 bits per heavy atom. The third kappa shape index (κ3) is 6.52. The first-order chi connectivity index (χ1) is 7.88. The van der Waals surface area contributed by atoms with Gasteiger partial charge in [-0.3, -0.25) is 9.59 Å². The van der Waals surface area contributed by atoms with Crippen molar-refractivity contribution < 1.29 is 24.2 Å². The van der Waals surface area contributed by atoms with Gasteiger partial charge in [0.2, 0.25) is 5.91 Å². The van der Waals surface area contributed by atoms with Crippen molar-refractivity contribution in [3.05, 3.63) is 0 Å². The van der Waals surface area contributed by atoms with Crippen molar-refractivity contribution in [3.63, 3.8) is 0 Å². The molecule has 0 spiro atoms. The van der Waals surface area contributed by atoms with E-state index < -0.39 is 23.9 Å². The van der Waals surface area contributed by atoms with Gasteiger partial charge in [0.15, 0.2) is 6.04 Å². The number of hydrogen-bond donors (Lipinski definition) is 3. The second-order valence-corrected chi connectivity index (χ2v) is 3.68. The van der Waals surface area contributed by atoms with Crippen molar-refractivity contribution in [2.75, 3.05) is 13.2 Å². The fourth-order valence-corrected chi connectivity index (χ4v) is 1.09. The van der Waals surface area contributed by atoms with E-state index in [0.717, 1.165) is 0 Å². The Labute approximate surface area is 99.3 Å². The average molecular weight is 246 g/mol.